The van der Waals surface area contributed by atoms with Crippen LogP contribution in [-0.4, -0.2) is 75.2 Å². The minimum Gasteiger partial charge on any atom is -0.493 e. The molecule has 186 valence electrons. The number of benzene rings is 2. The molecule has 2 aliphatic heterocycles. The van der Waals surface area contributed by atoms with Gasteiger partial charge in [-0.15, -0.1) is 5.10 Å². The highest BCUT2D eigenvalue weighted by Crippen LogP contribution is 2.34. The molecule has 5 rings (SSSR count). The summed E-state index contributed by atoms with van der Waals surface area (Å²) in [6.45, 7) is 2.09. The molecule has 3 heterocycles. The molecule has 0 aliphatic carbocycles. The molecule has 1 N–H and O–H groups in total. The normalized spacial score (nSPS) is 19.2. The number of amides is 4. The van der Waals surface area contributed by atoms with E-state index in [0.717, 1.165) is 16.0 Å². The Hall–Kier alpha value is -4.48. The molecule has 12 heteroatoms. The van der Waals surface area contributed by atoms with Crippen LogP contribution in [0.15, 0.2) is 42.7 Å². The van der Waals surface area contributed by atoms with Crippen molar-refractivity contribution in [3.05, 3.63) is 59.4 Å². The van der Waals surface area contributed by atoms with E-state index in [4.69, 9.17) is 9.47 Å². The molecule has 36 heavy (non-hydrogen) atoms. The lowest BCUT2D eigenvalue weighted by molar-refractivity contribution is -0.139. The number of ether oxygens (including phenoxy) is 2. The Kier molecular flexibility index (Phi) is 5.78. The first-order valence-electron chi connectivity index (χ1n) is 11.3. The van der Waals surface area contributed by atoms with E-state index in [9.17, 15) is 14.4 Å². The Labute approximate surface area is 206 Å². The first-order chi connectivity index (χ1) is 17.3. The van der Waals surface area contributed by atoms with E-state index in [-0.39, 0.29) is 12.5 Å². The molecule has 1 saturated heterocycles. The highest BCUT2D eigenvalue weighted by atomic mass is 16.5. The van der Waals surface area contributed by atoms with Crippen molar-refractivity contribution in [2.75, 3.05) is 27.3 Å². The number of methoxy groups -OCH3 is 2. The summed E-state index contributed by atoms with van der Waals surface area (Å²) in [6, 6.07) is 10.2. The topological polar surface area (TPSA) is 132 Å². The van der Waals surface area contributed by atoms with Crippen LogP contribution in [0.5, 0.6) is 11.5 Å². The summed E-state index contributed by atoms with van der Waals surface area (Å²) in [5.74, 6) is 0.405. The molecule has 1 fully saturated rings. The molecule has 2 aromatic carbocycles. The van der Waals surface area contributed by atoms with Crippen LogP contribution in [0.2, 0.25) is 0 Å². The van der Waals surface area contributed by atoms with Gasteiger partial charge in [-0.25, -0.2) is 9.48 Å². The third-order valence-electron chi connectivity index (χ3n) is 6.68. The van der Waals surface area contributed by atoms with Crippen molar-refractivity contribution in [1.29, 1.82) is 0 Å². The number of carbonyl (C=O) groups is 3. The number of carbonyl (C=O) groups excluding carboxylic acids is 3. The summed E-state index contributed by atoms with van der Waals surface area (Å²) < 4.78 is 12.2. The Balaban J connectivity index is 1.32. The van der Waals surface area contributed by atoms with Gasteiger partial charge >= 0.3 is 6.03 Å². The first-order valence-corrected chi connectivity index (χ1v) is 11.3. The molecule has 2 aliphatic rings. The second-order valence-electron chi connectivity index (χ2n) is 8.79. The molecular formula is C24H25N7O5. The minimum atomic E-state index is -1.33. The van der Waals surface area contributed by atoms with Crippen LogP contribution in [-0.2, 0) is 28.1 Å². The molecule has 4 amide bonds. The average Bonchev–Trinajstić information content (AvgIpc) is 3.51. The smallest absolute Gasteiger partial charge is 0.325 e. The molecule has 0 spiro atoms. The third-order valence-corrected chi connectivity index (χ3v) is 6.68. The van der Waals surface area contributed by atoms with E-state index < -0.39 is 17.5 Å². The number of hydrogen-bond acceptors (Lipinski definition) is 8. The maximum Gasteiger partial charge on any atom is 0.325 e. The van der Waals surface area contributed by atoms with Gasteiger partial charge in [0.05, 0.1) is 19.9 Å². The molecule has 3 aromatic rings. The van der Waals surface area contributed by atoms with Gasteiger partial charge < -0.3 is 19.7 Å². The summed E-state index contributed by atoms with van der Waals surface area (Å²) in [5.41, 5.74) is 1.86. The fourth-order valence-corrected chi connectivity index (χ4v) is 4.61. The predicted molar refractivity (Wildman–Crippen MR) is 125 cm³/mol. The van der Waals surface area contributed by atoms with Gasteiger partial charge in [0.15, 0.2) is 11.5 Å². The van der Waals surface area contributed by atoms with Gasteiger partial charge in [-0.05, 0) is 64.7 Å². The second kappa shape index (κ2) is 8.95. The summed E-state index contributed by atoms with van der Waals surface area (Å²) in [7, 11) is 3.14. The van der Waals surface area contributed by atoms with Crippen molar-refractivity contribution in [2.45, 2.75) is 25.4 Å². The number of nitrogens with zero attached hydrogens (tertiary/aromatic N) is 6. The summed E-state index contributed by atoms with van der Waals surface area (Å²) in [4.78, 5) is 42.0. The van der Waals surface area contributed by atoms with Crippen LogP contribution in [0.3, 0.4) is 0 Å². The van der Waals surface area contributed by atoms with Crippen LogP contribution in [0.4, 0.5) is 4.79 Å². The molecule has 0 radical (unpaired) electrons. The number of tetrazole rings is 1. The van der Waals surface area contributed by atoms with E-state index in [1.165, 1.54) is 11.0 Å². The Morgan fingerprint density at radius 2 is 1.86 bits per heavy atom. The average molecular weight is 492 g/mol. The van der Waals surface area contributed by atoms with E-state index in [0.29, 0.717) is 42.3 Å². The molecule has 0 saturated carbocycles. The fraction of sp³-hybridized carbons (Fsp3) is 0.333. The zero-order chi connectivity index (χ0) is 25.4. The third kappa shape index (κ3) is 3.89. The van der Waals surface area contributed by atoms with Gasteiger partial charge in [0.25, 0.3) is 5.91 Å². The number of urea groups is 1. The Morgan fingerprint density at radius 1 is 1.11 bits per heavy atom. The second-order valence-corrected chi connectivity index (χ2v) is 8.79. The van der Waals surface area contributed by atoms with Crippen molar-refractivity contribution >= 4 is 17.8 Å². The minimum absolute atomic E-state index is 0.314. The number of imide groups is 1. The van der Waals surface area contributed by atoms with Gasteiger partial charge in [0.1, 0.15) is 18.4 Å². The maximum atomic E-state index is 13.4. The summed E-state index contributed by atoms with van der Waals surface area (Å²) in [6.07, 6.45) is 2.06. The van der Waals surface area contributed by atoms with Crippen molar-refractivity contribution in [1.82, 2.24) is 35.3 Å². The van der Waals surface area contributed by atoms with E-state index in [1.807, 2.05) is 12.1 Å². The summed E-state index contributed by atoms with van der Waals surface area (Å²) in [5, 5.41) is 13.9. The van der Waals surface area contributed by atoms with Gasteiger partial charge in [-0.3, -0.25) is 14.5 Å². The van der Waals surface area contributed by atoms with Crippen LogP contribution in [0.25, 0.3) is 5.69 Å². The number of rotatable bonds is 6. The van der Waals surface area contributed by atoms with Crippen LogP contribution < -0.4 is 14.8 Å². The zero-order valence-corrected chi connectivity index (χ0v) is 20.1. The Morgan fingerprint density at radius 3 is 2.56 bits per heavy atom. The van der Waals surface area contributed by atoms with Gasteiger partial charge in [0, 0.05) is 13.1 Å². The van der Waals surface area contributed by atoms with Crippen LogP contribution in [0, 0.1) is 0 Å². The molecular weight excluding hydrogens is 466 g/mol. The zero-order valence-electron chi connectivity index (χ0n) is 20.1. The van der Waals surface area contributed by atoms with Gasteiger partial charge in [-0.1, -0.05) is 12.1 Å². The molecule has 0 bridgehead atoms. The first kappa shape index (κ1) is 23.3. The van der Waals surface area contributed by atoms with E-state index >= 15 is 0 Å². The SMILES string of the molecule is COc1cc2c(cc1OC)CN(C(=O)CN1C(=O)N[C@@](C)(c3cccc(-n4cnnn4)c3)C1=O)CC2. The molecule has 1 aromatic heterocycles. The van der Waals surface area contributed by atoms with Crippen molar-refractivity contribution in [2.24, 2.45) is 0 Å². The number of hydrogen-bond donors (Lipinski definition) is 1. The lowest BCUT2D eigenvalue weighted by Crippen LogP contribution is -2.45. The van der Waals surface area contributed by atoms with Crippen molar-refractivity contribution < 1.29 is 23.9 Å². The van der Waals surface area contributed by atoms with Crippen molar-refractivity contribution in [3.8, 4) is 17.2 Å². The lowest BCUT2D eigenvalue weighted by Gasteiger charge is -2.30. The summed E-state index contributed by atoms with van der Waals surface area (Å²) >= 11 is 0. The lowest BCUT2D eigenvalue weighted by atomic mass is 9.91. The highest BCUT2D eigenvalue weighted by Gasteiger charge is 2.50. The standard InChI is InChI=1S/C24H25N7O5/c1-24(17-5-4-6-18(11-17)31-14-25-27-28-31)22(33)30(23(34)26-24)13-21(32)29-8-7-15-9-19(35-2)20(36-3)10-16(15)12-29/h4-6,9-11,14H,7-8,12-13H2,1-3H3,(H,26,34)/t24-/m0/s1. The number of aromatic nitrogens is 4. The largest absolute Gasteiger partial charge is 0.493 e. The van der Waals surface area contributed by atoms with Gasteiger partial charge in [-0.2, -0.15) is 0 Å². The fourth-order valence-electron chi connectivity index (χ4n) is 4.61. The quantitative estimate of drug-likeness (QED) is 0.506. The molecule has 0 unspecified atom stereocenters. The predicted octanol–water partition coefficient (Wildman–Crippen LogP) is 1.03. The monoisotopic (exact) mass is 491 g/mol. The number of fused-ring (bicyclic) bond motifs is 1. The molecule has 12 nitrogen and oxygen atoms in total. The highest BCUT2D eigenvalue weighted by molar-refractivity contribution is 6.09. The Bertz CT molecular complexity index is 1340. The molecule has 1 atom stereocenters. The number of nitrogens with one attached hydrogen (secondary N) is 1. The van der Waals surface area contributed by atoms with E-state index in [2.05, 4.69) is 20.8 Å². The van der Waals surface area contributed by atoms with Gasteiger partial charge in [0.2, 0.25) is 5.91 Å². The maximum absolute atomic E-state index is 13.4. The van der Waals surface area contributed by atoms with E-state index in [1.54, 1.807) is 50.3 Å². The van der Waals surface area contributed by atoms with Crippen molar-refractivity contribution in [3.63, 3.8) is 0 Å². The van der Waals surface area contributed by atoms with Crippen LogP contribution >= 0.6 is 0 Å². The van der Waals surface area contributed by atoms with Crippen LogP contribution in [0.1, 0.15) is 23.6 Å².